The van der Waals surface area contributed by atoms with Crippen LogP contribution in [-0.2, 0) is 9.59 Å². The van der Waals surface area contributed by atoms with Gasteiger partial charge in [0, 0.05) is 35.3 Å². The zero-order chi connectivity index (χ0) is 22.4. The van der Waals surface area contributed by atoms with Gasteiger partial charge < -0.3 is 10.6 Å². The number of rotatable bonds is 7. The molecule has 0 aliphatic carbocycles. The second-order valence-corrected chi connectivity index (χ2v) is 8.04. The second-order valence-electron chi connectivity index (χ2n) is 6.86. The van der Waals surface area contributed by atoms with Crippen molar-refractivity contribution in [3.05, 3.63) is 94.0 Å². The third kappa shape index (κ3) is 5.93. The minimum atomic E-state index is -0.566. The van der Waals surface area contributed by atoms with Crippen LogP contribution in [0.25, 0.3) is 0 Å². The predicted molar refractivity (Wildman–Crippen MR) is 122 cm³/mol. The van der Waals surface area contributed by atoms with E-state index >= 15 is 0 Å². The topological polar surface area (TPSA) is 101 Å². The maximum absolute atomic E-state index is 13.2. The number of non-ortho nitro benzene ring substituents is 1. The quantitative estimate of drug-likeness (QED) is 0.297. The number of nitro benzene ring substituents is 1. The molecule has 3 rings (SSSR count). The normalized spacial score (nSPS) is 11.4. The number of benzene rings is 3. The summed E-state index contributed by atoms with van der Waals surface area (Å²) in [5.41, 5.74) is 2.56. The zero-order valence-corrected chi connectivity index (χ0v) is 17.8. The lowest BCUT2D eigenvalue weighted by Crippen LogP contribution is -2.19. The summed E-state index contributed by atoms with van der Waals surface area (Å²) < 4.78 is 0. The molecule has 0 heterocycles. The van der Waals surface area contributed by atoms with Crippen molar-refractivity contribution in [3.63, 3.8) is 0 Å². The largest absolute Gasteiger partial charge is 0.326 e. The van der Waals surface area contributed by atoms with Crippen molar-refractivity contribution in [1.29, 1.82) is 0 Å². The first kappa shape index (κ1) is 22.0. The number of thioether (sulfide) groups is 1. The van der Waals surface area contributed by atoms with Gasteiger partial charge in [0.1, 0.15) is 5.25 Å². The second kappa shape index (κ2) is 9.90. The van der Waals surface area contributed by atoms with E-state index in [1.54, 1.807) is 13.0 Å². The average molecular weight is 436 g/mol. The van der Waals surface area contributed by atoms with Crippen LogP contribution in [0.4, 0.5) is 17.1 Å². The first-order valence-electron chi connectivity index (χ1n) is 9.48. The van der Waals surface area contributed by atoms with E-state index in [4.69, 9.17) is 0 Å². The van der Waals surface area contributed by atoms with Gasteiger partial charge in [-0.1, -0.05) is 36.4 Å². The highest BCUT2D eigenvalue weighted by atomic mass is 32.2. The molecule has 3 aromatic rings. The monoisotopic (exact) mass is 435 g/mol. The van der Waals surface area contributed by atoms with Gasteiger partial charge in [-0.3, -0.25) is 19.7 Å². The van der Waals surface area contributed by atoms with Crippen molar-refractivity contribution < 1.29 is 14.5 Å². The molecule has 0 bridgehead atoms. The van der Waals surface area contributed by atoms with Crippen LogP contribution in [0.15, 0.2) is 77.7 Å². The van der Waals surface area contributed by atoms with E-state index < -0.39 is 10.2 Å². The van der Waals surface area contributed by atoms with E-state index in [0.717, 1.165) is 10.5 Å². The summed E-state index contributed by atoms with van der Waals surface area (Å²) in [6, 6.07) is 21.0. The van der Waals surface area contributed by atoms with Crippen molar-refractivity contribution in [1.82, 2.24) is 0 Å². The van der Waals surface area contributed by atoms with E-state index in [0.29, 0.717) is 16.9 Å². The Kier molecular flexibility index (Phi) is 7.04. The maximum Gasteiger partial charge on any atom is 0.269 e. The molecule has 0 aromatic heterocycles. The minimum absolute atomic E-state index is 0.0285. The molecule has 1 unspecified atom stereocenters. The molecule has 158 valence electrons. The Balaban J connectivity index is 1.87. The summed E-state index contributed by atoms with van der Waals surface area (Å²) in [7, 11) is 0. The van der Waals surface area contributed by atoms with Gasteiger partial charge in [-0.25, -0.2) is 0 Å². The van der Waals surface area contributed by atoms with Crippen LogP contribution in [0.1, 0.15) is 23.3 Å². The van der Waals surface area contributed by atoms with Crippen molar-refractivity contribution in [2.75, 3.05) is 10.6 Å². The highest BCUT2D eigenvalue weighted by Crippen LogP contribution is 2.37. The molecule has 0 radical (unpaired) electrons. The number of carbonyl (C=O) groups is 2. The fourth-order valence-corrected chi connectivity index (χ4v) is 4.07. The number of nitrogens with zero attached hydrogens (tertiary/aromatic N) is 1. The summed E-state index contributed by atoms with van der Waals surface area (Å²) in [6.07, 6.45) is 0. The third-order valence-electron chi connectivity index (χ3n) is 4.43. The van der Waals surface area contributed by atoms with Crippen LogP contribution in [0.2, 0.25) is 0 Å². The number of hydrogen-bond acceptors (Lipinski definition) is 5. The fourth-order valence-electron chi connectivity index (χ4n) is 2.99. The van der Waals surface area contributed by atoms with Crippen molar-refractivity contribution in [3.8, 4) is 0 Å². The Bertz CT molecular complexity index is 1120. The highest BCUT2D eigenvalue weighted by Gasteiger charge is 2.23. The molecule has 3 aromatic carbocycles. The minimum Gasteiger partial charge on any atom is -0.326 e. The van der Waals surface area contributed by atoms with Gasteiger partial charge in [-0.05, 0) is 42.3 Å². The molecule has 31 heavy (non-hydrogen) atoms. The van der Waals surface area contributed by atoms with Crippen LogP contribution in [0.3, 0.4) is 0 Å². The van der Waals surface area contributed by atoms with E-state index in [1.165, 1.54) is 36.9 Å². The summed E-state index contributed by atoms with van der Waals surface area (Å²) >= 11 is 1.35. The molecule has 0 spiro atoms. The number of nitrogens with one attached hydrogen (secondary N) is 2. The summed E-state index contributed by atoms with van der Waals surface area (Å²) in [5, 5.41) is 16.0. The Morgan fingerprint density at radius 2 is 1.71 bits per heavy atom. The smallest absolute Gasteiger partial charge is 0.269 e. The van der Waals surface area contributed by atoms with Crippen molar-refractivity contribution in [2.24, 2.45) is 0 Å². The third-order valence-corrected chi connectivity index (χ3v) is 5.68. The molecule has 0 aliphatic heterocycles. The van der Waals surface area contributed by atoms with Gasteiger partial charge in [-0.15, -0.1) is 11.8 Å². The van der Waals surface area contributed by atoms with E-state index in [1.807, 2.05) is 48.5 Å². The van der Waals surface area contributed by atoms with Gasteiger partial charge in [-0.2, -0.15) is 0 Å². The van der Waals surface area contributed by atoms with E-state index in [2.05, 4.69) is 10.6 Å². The number of amides is 2. The highest BCUT2D eigenvalue weighted by molar-refractivity contribution is 8.00. The van der Waals surface area contributed by atoms with Crippen LogP contribution in [0, 0.1) is 17.0 Å². The maximum atomic E-state index is 13.2. The number of aryl methyl sites for hydroxylation is 1. The van der Waals surface area contributed by atoms with Crippen LogP contribution in [0.5, 0.6) is 0 Å². The Morgan fingerprint density at radius 1 is 0.968 bits per heavy atom. The van der Waals surface area contributed by atoms with Gasteiger partial charge in [0.25, 0.3) is 5.69 Å². The summed E-state index contributed by atoms with van der Waals surface area (Å²) in [4.78, 5) is 35.9. The first-order valence-corrected chi connectivity index (χ1v) is 10.4. The number of hydrogen-bond donors (Lipinski definition) is 2. The molecular formula is C23H21N3O4S. The Labute approximate surface area is 184 Å². The molecule has 0 saturated heterocycles. The number of carbonyl (C=O) groups excluding carboxylic acids is 2. The lowest BCUT2D eigenvalue weighted by molar-refractivity contribution is -0.384. The van der Waals surface area contributed by atoms with Gasteiger partial charge in [0.05, 0.1) is 4.92 Å². The summed E-state index contributed by atoms with van der Waals surface area (Å²) in [6.45, 7) is 3.15. The zero-order valence-electron chi connectivity index (χ0n) is 17.0. The van der Waals surface area contributed by atoms with Crippen molar-refractivity contribution in [2.45, 2.75) is 24.0 Å². The lowest BCUT2D eigenvalue weighted by atomic mass is 10.1. The summed E-state index contributed by atoms with van der Waals surface area (Å²) in [5.74, 6) is -0.425. The van der Waals surface area contributed by atoms with Crippen LogP contribution in [-0.4, -0.2) is 16.7 Å². The standard InChI is InChI=1S/C23H21N3O4S/c1-15-13-19(26(29)30)11-12-21(15)25-23(28)22(17-7-4-3-5-8-17)31-20-10-6-9-18(14-20)24-16(2)27/h3-14,22H,1-2H3,(H,24,27)(H,25,28). The SMILES string of the molecule is CC(=O)Nc1cccc(SC(C(=O)Nc2ccc([N+](=O)[O-])cc2C)c2ccccc2)c1. The van der Waals surface area contributed by atoms with Crippen LogP contribution < -0.4 is 10.6 Å². The number of nitro groups is 1. The van der Waals surface area contributed by atoms with E-state index in [-0.39, 0.29) is 17.5 Å². The molecule has 0 aliphatic rings. The number of anilines is 2. The predicted octanol–water partition coefficient (Wildman–Crippen LogP) is 5.33. The molecule has 8 heteroatoms. The lowest BCUT2D eigenvalue weighted by Gasteiger charge is -2.18. The molecular weight excluding hydrogens is 414 g/mol. The molecule has 0 fully saturated rings. The molecule has 7 nitrogen and oxygen atoms in total. The van der Waals surface area contributed by atoms with Gasteiger partial charge >= 0.3 is 0 Å². The Hall–Kier alpha value is -3.65. The van der Waals surface area contributed by atoms with Crippen LogP contribution >= 0.6 is 11.8 Å². The molecule has 1 atom stereocenters. The average Bonchev–Trinajstić information content (AvgIpc) is 2.73. The Morgan fingerprint density at radius 3 is 2.35 bits per heavy atom. The molecule has 2 amide bonds. The fraction of sp³-hybridized carbons (Fsp3) is 0.130. The van der Waals surface area contributed by atoms with E-state index in [9.17, 15) is 19.7 Å². The first-order chi connectivity index (χ1) is 14.8. The van der Waals surface area contributed by atoms with Gasteiger partial charge in [0.2, 0.25) is 11.8 Å². The molecule has 0 saturated carbocycles. The molecule has 2 N–H and O–H groups in total. The van der Waals surface area contributed by atoms with Gasteiger partial charge in [0.15, 0.2) is 0 Å². The van der Waals surface area contributed by atoms with Crippen molar-refractivity contribution >= 4 is 40.6 Å².